The van der Waals surface area contributed by atoms with E-state index in [0.29, 0.717) is 19.0 Å². The molecule has 0 aliphatic carbocycles. The van der Waals surface area contributed by atoms with Gasteiger partial charge in [-0.1, -0.05) is 24.6 Å². The Morgan fingerprint density at radius 3 is 3.00 bits per heavy atom. The third-order valence-corrected chi connectivity index (χ3v) is 4.18. The van der Waals surface area contributed by atoms with E-state index in [0.717, 1.165) is 12.8 Å². The number of rotatable bonds is 2. The number of nitrogens with zero attached hydrogens (tertiary/aromatic N) is 1. The number of hydrogen-bond acceptors (Lipinski definition) is 2. The van der Waals surface area contributed by atoms with E-state index in [1.807, 2.05) is 0 Å². The number of nitrogens with two attached hydrogens (primary N) is 1. The lowest BCUT2D eigenvalue weighted by atomic mass is 9.90. The number of hydrogen-bond donors (Lipinski definition) is 1. The molecule has 0 unspecified atom stereocenters. The third kappa shape index (κ3) is 2.74. The topological polar surface area (TPSA) is 46.3 Å². The molecule has 1 aliphatic rings. The zero-order valence-electron chi connectivity index (χ0n) is 10.9. The summed E-state index contributed by atoms with van der Waals surface area (Å²) in [6.07, 6.45) is 2.00. The lowest BCUT2D eigenvalue weighted by molar-refractivity contribution is 0.0532. The molecule has 104 valence electrons. The SMILES string of the molecule is C[C@@H]1CCCN(C(=O)c2cccc(F)c2Cl)[C@H]1CN. The van der Waals surface area contributed by atoms with E-state index < -0.39 is 5.82 Å². The molecule has 2 rings (SSSR count). The molecule has 1 aromatic rings. The summed E-state index contributed by atoms with van der Waals surface area (Å²) in [5, 5.41) is -0.110. The molecule has 0 aromatic heterocycles. The second-order valence-corrected chi connectivity index (χ2v) is 5.40. The number of carbonyl (C=O) groups is 1. The smallest absolute Gasteiger partial charge is 0.255 e. The zero-order valence-corrected chi connectivity index (χ0v) is 11.7. The van der Waals surface area contributed by atoms with Gasteiger partial charge < -0.3 is 10.6 Å². The van der Waals surface area contributed by atoms with Crippen LogP contribution in [-0.4, -0.2) is 29.9 Å². The van der Waals surface area contributed by atoms with Crippen LogP contribution < -0.4 is 5.73 Å². The lowest BCUT2D eigenvalue weighted by Gasteiger charge is -2.39. The number of amides is 1. The van der Waals surface area contributed by atoms with Crippen molar-refractivity contribution in [3.8, 4) is 0 Å². The van der Waals surface area contributed by atoms with Crippen molar-refractivity contribution < 1.29 is 9.18 Å². The van der Waals surface area contributed by atoms with E-state index in [2.05, 4.69) is 6.92 Å². The molecule has 1 saturated heterocycles. The minimum Gasteiger partial charge on any atom is -0.334 e. The molecule has 1 aromatic carbocycles. The molecule has 0 spiro atoms. The molecule has 0 radical (unpaired) electrons. The normalized spacial score (nSPS) is 23.5. The maximum absolute atomic E-state index is 13.4. The van der Waals surface area contributed by atoms with Gasteiger partial charge in [-0.2, -0.15) is 0 Å². The maximum atomic E-state index is 13.4. The predicted octanol–water partition coefficient (Wildman–Crippen LogP) is 2.68. The van der Waals surface area contributed by atoms with Crippen LogP contribution in [0, 0.1) is 11.7 Å². The molecule has 2 N–H and O–H groups in total. The van der Waals surface area contributed by atoms with Crippen LogP contribution in [0.1, 0.15) is 30.1 Å². The van der Waals surface area contributed by atoms with Crippen LogP contribution in [0.5, 0.6) is 0 Å². The molecule has 3 nitrogen and oxygen atoms in total. The van der Waals surface area contributed by atoms with Gasteiger partial charge in [-0.25, -0.2) is 4.39 Å². The molecular formula is C14H18ClFN2O. The second-order valence-electron chi connectivity index (χ2n) is 5.02. The van der Waals surface area contributed by atoms with Gasteiger partial charge in [0.15, 0.2) is 0 Å². The third-order valence-electron chi connectivity index (χ3n) is 3.80. The largest absolute Gasteiger partial charge is 0.334 e. The van der Waals surface area contributed by atoms with Crippen LogP contribution >= 0.6 is 11.6 Å². The van der Waals surface area contributed by atoms with Gasteiger partial charge in [0, 0.05) is 19.1 Å². The average molecular weight is 285 g/mol. The van der Waals surface area contributed by atoms with Crippen LogP contribution in [0.4, 0.5) is 4.39 Å². The molecule has 19 heavy (non-hydrogen) atoms. The summed E-state index contributed by atoms with van der Waals surface area (Å²) in [6.45, 7) is 3.15. The van der Waals surface area contributed by atoms with Gasteiger partial charge in [-0.05, 0) is 30.9 Å². The molecule has 0 saturated carbocycles. The van der Waals surface area contributed by atoms with Crippen molar-refractivity contribution in [1.29, 1.82) is 0 Å². The van der Waals surface area contributed by atoms with Gasteiger partial charge in [0.05, 0.1) is 10.6 Å². The predicted molar refractivity (Wildman–Crippen MR) is 73.7 cm³/mol. The number of likely N-dealkylation sites (tertiary alicyclic amines) is 1. The fourth-order valence-corrected chi connectivity index (χ4v) is 2.89. The van der Waals surface area contributed by atoms with E-state index in [4.69, 9.17) is 17.3 Å². The molecule has 0 bridgehead atoms. The first-order valence-electron chi connectivity index (χ1n) is 6.51. The Morgan fingerprint density at radius 2 is 2.32 bits per heavy atom. The Bertz CT molecular complexity index is 481. The van der Waals surface area contributed by atoms with Crippen molar-refractivity contribution in [2.24, 2.45) is 11.7 Å². The van der Waals surface area contributed by atoms with Crippen LogP contribution in [0.3, 0.4) is 0 Å². The Kier molecular flexibility index (Phi) is 4.42. The summed E-state index contributed by atoms with van der Waals surface area (Å²) in [6, 6.07) is 4.30. The van der Waals surface area contributed by atoms with E-state index in [9.17, 15) is 9.18 Å². The molecule has 5 heteroatoms. The van der Waals surface area contributed by atoms with Gasteiger partial charge in [0.1, 0.15) is 5.82 Å². The molecule has 2 atom stereocenters. The summed E-state index contributed by atoms with van der Waals surface area (Å²) in [5.41, 5.74) is 5.98. The lowest BCUT2D eigenvalue weighted by Crippen LogP contribution is -2.51. The van der Waals surface area contributed by atoms with E-state index in [1.54, 1.807) is 11.0 Å². The Morgan fingerprint density at radius 1 is 1.58 bits per heavy atom. The number of carbonyl (C=O) groups excluding carboxylic acids is 1. The van der Waals surface area contributed by atoms with Crippen LogP contribution in [0.15, 0.2) is 18.2 Å². The fourth-order valence-electron chi connectivity index (χ4n) is 2.68. The highest BCUT2D eigenvalue weighted by atomic mass is 35.5. The molecule has 1 aliphatic heterocycles. The monoisotopic (exact) mass is 284 g/mol. The van der Waals surface area contributed by atoms with E-state index in [-0.39, 0.29) is 22.5 Å². The van der Waals surface area contributed by atoms with Gasteiger partial charge in [-0.15, -0.1) is 0 Å². The summed E-state index contributed by atoms with van der Waals surface area (Å²) < 4.78 is 13.4. The summed E-state index contributed by atoms with van der Waals surface area (Å²) in [7, 11) is 0. The van der Waals surface area contributed by atoms with Crippen LogP contribution in [0.2, 0.25) is 5.02 Å². The second kappa shape index (κ2) is 5.88. The molecule has 1 fully saturated rings. The molecule has 1 heterocycles. The molecular weight excluding hydrogens is 267 g/mol. The maximum Gasteiger partial charge on any atom is 0.255 e. The van der Waals surface area contributed by atoms with Gasteiger partial charge in [0.2, 0.25) is 0 Å². The summed E-state index contributed by atoms with van der Waals surface area (Å²) in [5.74, 6) is -0.441. The van der Waals surface area contributed by atoms with Crippen molar-refractivity contribution in [1.82, 2.24) is 4.90 Å². The minimum absolute atomic E-state index is 0.000541. The first-order valence-corrected chi connectivity index (χ1v) is 6.89. The van der Waals surface area contributed by atoms with E-state index >= 15 is 0 Å². The van der Waals surface area contributed by atoms with E-state index in [1.165, 1.54) is 12.1 Å². The van der Waals surface area contributed by atoms with Crippen molar-refractivity contribution >= 4 is 17.5 Å². The van der Waals surface area contributed by atoms with Gasteiger partial charge in [0.25, 0.3) is 5.91 Å². The summed E-state index contributed by atoms with van der Waals surface area (Å²) in [4.78, 5) is 14.2. The fraction of sp³-hybridized carbons (Fsp3) is 0.500. The quantitative estimate of drug-likeness (QED) is 0.907. The first-order chi connectivity index (χ1) is 9.06. The first kappa shape index (κ1) is 14.3. The van der Waals surface area contributed by atoms with Crippen LogP contribution in [0.25, 0.3) is 0 Å². The Labute approximate surface area is 117 Å². The van der Waals surface area contributed by atoms with Crippen molar-refractivity contribution in [2.45, 2.75) is 25.8 Å². The highest BCUT2D eigenvalue weighted by Gasteiger charge is 2.32. The highest BCUT2D eigenvalue weighted by molar-refractivity contribution is 6.34. The van der Waals surface area contributed by atoms with Crippen molar-refractivity contribution in [2.75, 3.05) is 13.1 Å². The zero-order chi connectivity index (χ0) is 14.0. The number of piperidine rings is 1. The van der Waals surface area contributed by atoms with Crippen LogP contribution in [-0.2, 0) is 0 Å². The molecule has 1 amide bonds. The Hall–Kier alpha value is -1.13. The van der Waals surface area contributed by atoms with Crippen molar-refractivity contribution in [3.63, 3.8) is 0 Å². The number of benzene rings is 1. The average Bonchev–Trinajstić information content (AvgIpc) is 2.41. The standard InChI is InChI=1S/C14H18ClFN2O/c1-9-4-3-7-18(12(9)8-17)14(19)10-5-2-6-11(16)13(10)15/h2,5-6,9,12H,3-4,7-8,17H2,1H3/t9-,12+/m1/s1. The Balaban J connectivity index is 2.29. The van der Waals surface area contributed by atoms with Gasteiger partial charge >= 0.3 is 0 Å². The van der Waals surface area contributed by atoms with Crippen molar-refractivity contribution in [3.05, 3.63) is 34.6 Å². The minimum atomic E-state index is -0.568. The highest BCUT2D eigenvalue weighted by Crippen LogP contribution is 2.27. The van der Waals surface area contributed by atoms with Gasteiger partial charge in [-0.3, -0.25) is 4.79 Å². The summed E-state index contributed by atoms with van der Waals surface area (Å²) >= 11 is 5.88. The number of halogens is 2.